The van der Waals surface area contributed by atoms with E-state index in [0.29, 0.717) is 12.3 Å². The van der Waals surface area contributed by atoms with Gasteiger partial charge in [0, 0.05) is 23.0 Å². The van der Waals surface area contributed by atoms with Crippen molar-refractivity contribution in [2.45, 2.75) is 26.2 Å². The van der Waals surface area contributed by atoms with Crippen LogP contribution in [0.3, 0.4) is 0 Å². The van der Waals surface area contributed by atoms with Gasteiger partial charge in [-0.25, -0.2) is 0 Å². The summed E-state index contributed by atoms with van der Waals surface area (Å²) in [7, 11) is 1.55. The molecule has 0 amide bonds. The van der Waals surface area contributed by atoms with Crippen molar-refractivity contribution in [3.63, 3.8) is 0 Å². The van der Waals surface area contributed by atoms with Gasteiger partial charge in [0.2, 0.25) is 0 Å². The van der Waals surface area contributed by atoms with Crippen LogP contribution in [0.1, 0.15) is 24.1 Å². The zero-order valence-electron chi connectivity index (χ0n) is 10.3. The normalized spacial score (nSPS) is 10.7. The number of ether oxygens (including phenoxy) is 1. The smallest absolute Gasteiger partial charge is 0.180 e. The molecule has 17 heavy (non-hydrogen) atoms. The summed E-state index contributed by atoms with van der Waals surface area (Å²) < 4.78 is 4.86. The fourth-order valence-electron chi connectivity index (χ4n) is 2.18. The predicted octanol–water partition coefficient (Wildman–Crippen LogP) is 3.42. The molecule has 2 aromatic rings. The van der Waals surface area contributed by atoms with Gasteiger partial charge in [-0.2, -0.15) is 0 Å². The lowest BCUT2D eigenvalue weighted by atomic mass is 10.0. The van der Waals surface area contributed by atoms with E-state index in [2.05, 4.69) is 30.1 Å². The quantitative estimate of drug-likeness (QED) is 0.613. The van der Waals surface area contributed by atoms with E-state index in [0.717, 1.165) is 12.8 Å². The van der Waals surface area contributed by atoms with Gasteiger partial charge in [-0.3, -0.25) is 5.41 Å². The molecule has 1 aromatic heterocycles. The molecule has 0 saturated carbocycles. The highest BCUT2D eigenvalue weighted by molar-refractivity contribution is 5.84. The Morgan fingerprint density at radius 3 is 2.88 bits per heavy atom. The third-order valence-corrected chi connectivity index (χ3v) is 3.10. The van der Waals surface area contributed by atoms with E-state index in [1.165, 1.54) is 22.2 Å². The molecule has 0 aliphatic rings. The van der Waals surface area contributed by atoms with E-state index in [1.54, 1.807) is 7.11 Å². The first-order valence-electron chi connectivity index (χ1n) is 5.90. The van der Waals surface area contributed by atoms with Crippen molar-refractivity contribution >= 4 is 16.8 Å². The topological polar surface area (TPSA) is 48.9 Å². The standard InChI is InChI=1S/C14H18N2O/c1-10-11(7-5-9-14(15)17-2)12-6-3-4-8-13(12)16-10/h3-4,6,8,15-16H,5,7,9H2,1-2H3. The van der Waals surface area contributed by atoms with Crippen molar-refractivity contribution in [2.24, 2.45) is 0 Å². The molecule has 0 radical (unpaired) electrons. The third-order valence-electron chi connectivity index (χ3n) is 3.10. The molecule has 0 unspecified atom stereocenters. The molecule has 0 spiro atoms. The van der Waals surface area contributed by atoms with Crippen molar-refractivity contribution in [3.05, 3.63) is 35.5 Å². The van der Waals surface area contributed by atoms with E-state index < -0.39 is 0 Å². The minimum absolute atomic E-state index is 0.363. The highest BCUT2D eigenvalue weighted by Gasteiger charge is 2.07. The molecule has 0 atom stereocenters. The first-order chi connectivity index (χ1) is 8.22. The summed E-state index contributed by atoms with van der Waals surface area (Å²) in [5, 5.41) is 8.75. The number of nitrogens with one attached hydrogen (secondary N) is 2. The second-order valence-corrected chi connectivity index (χ2v) is 4.25. The molecule has 2 N–H and O–H groups in total. The second-order valence-electron chi connectivity index (χ2n) is 4.25. The SMILES string of the molecule is COC(=N)CCCc1c(C)[nH]c2ccccc12. The highest BCUT2D eigenvalue weighted by Crippen LogP contribution is 2.23. The largest absolute Gasteiger partial charge is 0.484 e. The Hall–Kier alpha value is -1.77. The third kappa shape index (κ3) is 2.49. The van der Waals surface area contributed by atoms with Crippen LogP contribution in [0.4, 0.5) is 0 Å². The summed E-state index contributed by atoms with van der Waals surface area (Å²) in [6.45, 7) is 2.11. The molecule has 2 rings (SSSR count). The number of hydrogen-bond donors (Lipinski definition) is 2. The first-order valence-corrected chi connectivity index (χ1v) is 5.90. The summed E-state index contributed by atoms with van der Waals surface area (Å²) in [6, 6.07) is 8.36. The Balaban J connectivity index is 2.12. The van der Waals surface area contributed by atoms with Crippen molar-refractivity contribution in [3.8, 4) is 0 Å². The Morgan fingerprint density at radius 1 is 1.35 bits per heavy atom. The molecule has 3 nitrogen and oxygen atoms in total. The van der Waals surface area contributed by atoms with Gasteiger partial charge in [-0.05, 0) is 31.4 Å². The fraction of sp³-hybridized carbons (Fsp3) is 0.357. The molecule has 0 saturated heterocycles. The molecule has 1 aromatic carbocycles. The summed E-state index contributed by atoms with van der Waals surface area (Å²) in [5.41, 5.74) is 3.79. The molecular weight excluding hydrogens is 212 g/mol. The number of hydrogen-bond acceptors (Lipinski definition) is 2. The van der Waals surface area contributed by atoms with Gasteiger partial charge in [0.25, 0.3) is 0 Å². The number of para-hydroxylation sites is 1. The monoisotopic (exact) mass is 230 g/mol. The Bertz CT molecular complexity index is 528. The molecule has 0 fully saturated rings. The summed E-state index contributed by atoms with van der Waals surface area (Å²) >= 11 is 0. The Labute approximate surface area is 101 Å². The van der Waals surface area contributed by atoms with Crippen LogP contribution in [0, 0.1) is 12.3 Å². The predicted molar refractivity (Wildman–Crippen MR) is 70.7 cm³/mol. The van der Waals surface area contributed by atoms with Gasteiger partial charge in [-0.15, -0.1) is 0 Å². The van der Waals surface area contributed by atoms with E-state index in [-0.39, 0.29) is 0 Å². The van der Waals surface area contributed by atoms with Crippen molar-refractivity contribution in [1.82, 2.24) is 4.98 Å². The van der Waals surface area contributed by atoms with Crippen LogP contribution in [-0.2, 0) is 11.2 Å². The second kappa shape index (κ2) is 5.04. The van der Waals surface area contributed by atoms with Crippen LogP contribution in [0.15, 0.2) is 24.3 Å². The maximum absolute atomic E-state index is 7.45. The number of rotatable bonds is 4. The van der Waals surface area contributed by atoms with Gasteiger partial charge >= 0.3 is 0 Å². The number of methoxy groups -OCH3 is 1. The van der Waals surface area contributed by atoms with Gasteiger partial charge < -0.3 is 9.72 Å². The van der Waals surface area contributed by atoms with E-state index in [9.17, 15) is 0 Å². The minimum Gasteiger partial charge on any atom is -0.484 e. The van der Waals surface area contributed by atoms with E-state index in [4.69, 9.17) is 10.1 Å². The fourth-order valence-corrected chi connectivity index (χ4v) is 2.18. The van der Waals surface area contributed by atoms with Crippen LogP contribution in [0.5, 0.6) is 0 Å². The van der Waals surface area contributed by atoms with Crippen LogP contribution < -0.4 is 0 Å². The minimum atomic E-state index is 0.363. The maximum atomic E-state index is 7.45. The van der Waals surface area contributed by atoms with Gasteiger partial charge in [0.1, 0.15) is 0 Å². The van der Waals surface area contributed by atoms with E-state index >= 15 is 0 Å². The van der Waals surface area contributed by atoms with Crippen LogP contribution in [-0.4, -0.2) is 18.0 Å². The molecule has 90 valence electrons. The average Bonchev–Trinajstić information content (AvgIpc) is 2.66. The number of aromatic nitrogens is 1. The van der Waals surface area contributed by atoms with E-state index in [1.807, 2.05) is 6.07 Å². The van der Waals surface area contributed by atoms with Gasteiger partial charge in [0.15, 0.2) is 5.90 Å². The lowest BCUT2D eigenvalue weighted by molar-refractivity contribution is 0.384. The molecule has 1 heterocycles. The van der Waals surface area contributed by atoms with Crippen molar-refractivity contribution < 1.29 is 4.74 Å². The Morgan fingerprint density at radius 2 is 2.12 bits per heavy atom. The van der Waals surface area contributed by atoms with Crippen molar-refractivity contribution in [2.75, 3.05) is 7.11 Å². The number of fused-ring (bicyclic) bond motifs is 1. The maximum Gasteiger partial charge on any atom is 0.180 e. The number of benzene rings is 1. The Kier molecular flexibility index (Phi) is 3.47. The average molecular weight is 230 g/mol. The number of aryl methyl sites for hydroxylation is 2. The van der Waals surface area contributed by atoms with Crippen LogP contribution in [0.25, 0.3) is 10.9 Å². The lowest BCUT2D eigenvalue weighted by Crippen LogP contribution is -1.99. The molecule has 0 aliphatic carbocycles. The molecule has 0 aliphatic heterocycles. The zero-order chi connectivity index (χ0) is 12.3. The number of aromatic amines is 1. The number of H-pyrrole nitrogens is 1. The summed E-state index contributed by atoms with van der Waals surface area (Å²) in [4.78, 5) is 3.39. The first kappa shape index (κ1) is 11.7. The van der Waals surface area contributed by atoms with Gasteiger partial charge in [-0.1, -0.05) is 18.2 Å². The zero-order valence-corrected chi connectivity index (χ0v) is 10.3. The highest BCUT2D eigenvalue weighted by atomic mass is 16.5. The van der Waals surface area contributed by atoms with Gasteiger partial charge in [0.05, 0.1) is 7.11 Å². The van der Waals surface area contributed by atoms with Crippen molar-refractivity contribution in [1.29, 1.82) is 5.41 Å². The van der Waals surface area contributed by atoms with Crippen LogP contribution in [0.2, 0.25) is 0 Å². The molecular formula is C14H18N2O. The summed E-state index contributed by atoms with van der Waals surface area (Å²) in [6.07, 6.45) is 2.65. The summed E-state index contributed by atoms with van der Waals surface area (Å²) in [5.74, 6) is 0.363. The molecule has 0 bridgehead atoms. The van der Waals surface area contributed by atoms with Crippen LogP contribution >= 0.6 is 0 Å². The molecule has 3 heteroatoms. The lowest BCUT2D eigenvalue weighted by Gasteiger charge is -2.03.